The van der Waals surface area contributed by atoms with Crippen LogP contribution in [-0.4, -0.2) is 30.4 Å². The monoisotopic (exact) mass is 236 g/mol. The number of rotatable bonds is 3. The van der Waals surface area contributed by atoms with Gasteiger partial charge in [-0.05, 0) is 51.9 Å². The Labute approximate surface area is 104 Å². The first-order valence-corrected chi connectivity index (χ1v) is 6.07. The van der Waals surface area contributed by atoms with E-state index in [4.69, 9.17) is 24.4 Å². The van der Waals surface area contributed by atoms with Crippen LogP contribution in [0, 0.1) is 17.8 Å². The molecule has 1 rings (SSSR count). The Morgan fingerprint density at radius 1 is 1.56 bits per heavy atom. The van der Waals surface area contributed by atoms with E-state index in [1.165, 1.54) is 0 Å². The summed E-state index contributed by atoms with van der Waals surface area (Å²) in [5, 5.41) is 1.67. The van der Waals surface area contributed by atoms with Gasteiger partial charge in [-0.1, -0.05) is 18.1 Å². The van der Waals surface area contributed by atoms with Gasteiger partial charge in [0, 0.05) is 16.5 Å². The van der Waals surface area contributed by atoms with Crippen LogP contribution in [0.15, 0.2) is 11.3 Å². The van der Waals surface area contributed by atoms with Gasteiger partial charge < -0.3 is 10.6 Å². The van der Waals surface area contributed by atoms with Crippen LogP contribution in [0.4, 0.5) is 0 Å². The third-order valence-electron chi connectivity index (χ3n) is 3.43. The first-order valence-electron chi connectivity index (χ1n) is 5.60. The minimum Gasteiger partial charge on any atom is -0.402 e. The van der Waals surface area contributed by atoms with Gasteiger partial charge in [0.25, 0.3) is 0 Å². The van der Waals surface area contributed by atoms with Gasteiger partial charge in [0.1, 0.15) is 0 Å². The SMILES string of the molecule is C#CC1(CC(C=S)=C(C)N)CCN(C)CC1. The number of likely N-dealkylation sites (tertiary alicyclic amines) is 1. The number of nitrogens with two attached hydrogens (primary N) is 1. The third kappa shape index (κ3) is 3.07. The Kier molecular flexibility index (Phi) is 4.52. The fourth-order valence-electron chi connectivity index (χ4n) is 2.06. The first-order chi connectivity index (χ1) is 7.53. The van der Waals surface area contributed by atoms with Gasteiger partial charge in [0.05, 0.1) is 0 Å². The number of piperidine rings is 1. The second-order valence-corrected chi connectivity index (χ2v) is 4.97. The lowest BCUT2D eigenvalue weighted by atomic mass is 9.74. The van der Waals surface area contributed by atoms with Crippen LogP contribution in [0.1, 0.15) is 26.2 Å². The van der Waals surface area contributed by atoms with Crippen molar-refractivity contribution in [2.75, 3.05) is 20.1 Å². The van der Waals surface area contributed by atoms with Crippen LogP contribution < -0.4 is 5.73 Å². The molecule has 1 saturated heterocycles. The summed E-state index contributed by atoms with van der Waals surface area (Å²) in [6.07, 6.45) is 8.59. The summed E-state index contributed by atoms with van der Waals surface area (Å²) in [7, 11) is 2.13. The predicted octanol–water partition coefficient (Wildman–Crippen LogP) is 1.95. The molecule has 2 N–H and O–H groups in total. The van der Waals surface area contributed by atoms with E-state index in [1.807, 2.05) is 6.92 Å². The number of thiocarbonyl (C=S) groups is 1. The Hall–Kier alpha value is -0.850. The van der Waals surface area contributed by atoms with E-state index >= 15 is 0 Å². The van der Waals surface area contributed by atoms with Crippen LogP contribution >= 0.6 is 12.2 Å². The van der Waals surface area contributed by atoms with Crippen LogP contribution in [0.5, 0.6) is 0 Å². The molecule has 1 aliphatic heterocycles. The van der Waals surface area contributed by atoms with Crippen molar-refractivity contribution in [3.63, 3.8) is 0 Å². The second kappa shape index (κ2) is 5.47. The van der Waals surface area contributed by atoms with E-state index in [0.29, 0.717) is 0 Å². The van der Waals surface area contributed by atoms with E-state index < -0.39 is 0 Å². The zero-order valence-electron chi connectivity index (χ0n) is 10.1. The summed E-state index contributed by atoms with van der Waals surface area (Å²) < 4.78 is 0. The molecule has 1 fully saturated rings. The van der Waals surface area contributed by atoms with E-state index in [9.17, 15) is 0 Å². The lowest BCUT2D eigenvalue weighted by Crippen LogP contribution is -2.37. The maximum atomic E-state index is 5.81. The molecule has 0 unspecified atom stereocenters. The molecule has 0 radical (unpaired) electrons. The van der Waals surface area contributed by atoms with Crippen LogP contribution in [-0.2, 0) is 0 Å². The molecule has 88 valence electrons. The van der Waals surface area contributed by atoms with E-state index in [0.717, 1.165) is 43.6 Å². The van der Waals surface area contributed by atoms with Crippen molar-refractivity contribution in [3.05, 3.63) is 11.3 Å². The lowest BCUT2D eigenvalue weighted by Gasteiger charge is -2.37. The van der Waals surface area contributed by atoms with Gasteiger partial charge in [-0.2, -0.15) is 0 Å². The number of hydrogen-bond acceptors (Lipinski definition) is 3. The molecule has 16 heavy (non-hydrogen) atoms. The van der Waals surface area contributed by atoms with Crippen molar-refractivity contribution in [2.24, 2.45) is 11.1 Å². The number of allylic oxidation sites excluding steroid dienone is 2. The molecule has 2 nitrogen and oxygen atoms in total. The van der Waals surface area contributed by atoms with Gasteiger partial charge in [-0.15, -0.1) is 6.42 Å². The lowest BCUT2D eigenvalue weighted by molar-refractivity contribution is 0.173. The molecule has 0 aromatic rings. The Balaban J connectivity index is 2.80. The molecule has 0 bridgehead atoms. The molecule has 3 heteroatoms. The standard InChI is InChI=1S/C13H20N2S/c1-4-13(5-7-15(3)8-6-13)9-12(10-16)11(2)14/h1,10H,5-9,14H2,2-3H3. The summed E-state index contributed by atoms with van der Waals surface area (Å²) >= 11 is 5.00. The van der Waals surface area contributed by atoms with Crippen molar-refractivity contribution >= 4 is 17.6 Å². The van der Waals surface area contributed by atoms with E-state index in [-0.39, 0.29) is 5.41 Å². The zero-order chi connectivity index (χ0) is 12.2. The molecule has 0 amide bonds. The molecular weight excluding hydrogens is 216 g/mol. The fraction of sp³-hybridized carbons (Fsp3) is 0.615. The first kappa shape index (κ1) is 13.2. The van der Waals surface area contributed by atoms with Gasteiger partial charge >= 0.3 is 0 Å². The highest BCUT2D eigenvalue weighted by atomic mass is 32.1. The molecular formula is C13H20N2S. The average molecular weight is 236 g/mol. The Bertz CT molecular complexity index is 326. The van der Waals surface area contributed by atoms with Crippen molar-refractivity contribution in [1.82, 2.24) is 4.90 Å². The smallest absolute Gasteiger partial charge is 0.0377 e. The Morgan fingerprint density at radius 2 is 2.12 bits per heavy atom. The minimum atomic E-state index is -0.0439. The van der Waals surface area contributed by atoms with Crippen molar-refractivity contribution in [3.8, 4) is 12.3 Å². The van der Waals surface area contributed by atoms with Gasteiger partial charge in [0.2, 0.25) is 0 Å². The van der Waals surface area contributed by atoms with Crippen LogP contribution in [0.2, 0.25) is 0 Å². The fourth-order valence-corrected chi connectivity index (χ4v) is 2.33. The molecule has 0 aliphatic carbocycles. The van der Waals surface area contributed by atoms with Crippen molar-refractivity contribution < 1.29 is 0 Å². The number of terminal acetylenes is 1. The molecule has 0 aromatic carbocycles. The van der Waals surface area contributed by atoms with Crippen LogP contribution in [0.3, 0.4) is 0 Å². The molecule has 0 spiro atoms. The molecule has 0 aromatic heterocycles. The summed E-state index contributed by atoms with van der Waals surface area (Å²) in [6, 6.07) is 0. The summed E-state index contributed by atoms with van der Waals surface area (Å²) in [5.74, 6) is 2.97. The van der Waals surface area contributed by atoms with E-state index in [2.05, 4.69) is 17.9 Å². The highest BCUT2D eigenvalue weighted by molar-refractivity contribution is 7.79. The largest absolute Gasteiger partial charge is 0.402 e. The van der Waals surface area contributed by atoms with Gasteiger partial charge in [0.15, 0.2) is 0 Å². The summed E-state index contributed by atoms with van der Waals surface area (Å²) in [6.45, 7) is 3.99. The van der Waals surface area contributed by atoms with Crippen molar-refractivity contribution in [1.29, 1.82) is 0 Å². The quantitative estimate of drug-likeness (QED) is 0.461. The summed E-state index contributed by atoms with van der Waals surface area (Å²) in [4.78, 5) is 2.31. The average Bonchev–Trinajstić information content (AvgIpc) is 2.28. The second-order valence-electron chi connectivity index (χ2n) is 4.73. The normalized spacial score (nSPS) is 22.1. The molecule has 1 aliphatic rings. The Morgan fingerprint density at radius 3 is 2.50 bits per heavy atom. The zero-order valence-corrected chi connectivity index (χ0v) is 10.9. The number of nitrogens with zero attached hydrogens (tertiary/aromatic N) is 1. The topological polar surface area (TPSA) is 29.3 Å². The van der Waals surface area contributed by atoms with E-state index in [1.54, 1.807) is 5.37 Å². The highest BCUT2D eigenvalue weighted by Gasteiger charge is 2.32. The van der Waals surface area contributed by atoms with Crippen LogP contribution in [0.25, 0.3) is 0 Å². The number of hydrogen-bond donors (Lipinski definition) is 1. The molecule has 0 saturated carbocycles. The highest BCUT2D eigenvalue weighted by Crippen LogP contribution is 2.36. The minimum absolute atomic E-state index is 0.0439. The van der Waals surface area contributed by atoms with Gasteiger partial charge in [-0.3, -0.25) is 0 Å². The summed E-state index contributed by atoms with van der Waals surface area (Å²) in [5.41, 5.74) is 7.58. The maximum absolute atomic E-state index is 5.81. The maximum Gasteiger partial charge on any atom is 0.0377 e. The van der Waals surface area contributed by atoms with Gasteiger partial charge in [-0.25, -0.2) is 0 Å². The predicted molar refractivity (Wildman–Crippen MR) is 73.2 cm³/mol. The molecule has 0 atom stereocenters. The van der Waals surface area contributed by atoms with Crippen molar-refractivity contribution in [2.45, 2.75) is 26.2 Å². The molecule has 1 heterocycles. The third-order valence-corrected chi connectivity index (χ3v) is 3.71.